The van der Waals surface area contributed by atoms with Crippen LogP contribution in [-0.2, 0) is 0 Å². The summed E-state index contributed by atoms with van der Waals surface area (Å²) in [7, 11) is 0. The van der Waals surface area contributed by atoms with Gasteiger partial charge in [-0.25, -0.2) is 0 Å². The Balaban J connectivity index is 0.00000225. The summed E-state index contributed by atoms with van der Waals surface area (Å²) in [5, 5.41) is 28.1. The van der Waals surface area contributed by atoms with Crippen molar-refractivity contribution in [2.24, 2.45) is 11.5 Å². The molecular weight excluding hydrogens is 232 g/mol. The quantitative estimate of drug-likeness (QED) is 0.545. The van der Waals surface area contributed by atoms with Gasteiger partial charge in [0, 0.05) is 18.2 Å². The topological polar surface area (TPSA) is 113 Å². The van der Waals surface area contributed by atoms with Crippen molar-refractivity contribution in [3.05, 3.63) is 17.7 Å². The van der Waals surface area contributed by atoms with Gasteiger partial charge in [-0.2, -0.15) is 0 Å². The number of aromatic hydroxyl groups is 3. The second-order valence-electron chi connectivity index (χ2n) is 3.44. The summed E-state index contributed by atoms with van der Waals surface area (Å²) in [6, 6.07) is 1.82. The van der Waals surface area contributed by atoms with Crippen LogP contribution < -0.4 is 11.5 Å². The van der Waals surface area contributed by atoms with E-state index in [0.29, 0.717) is 19.4 Å². The number of hydrogen-bond acceptors (Lipinski definition) is 5. The second kappa shape index (κ2) is 6.42. The molecule has 0 heterocycles. The zero-order chi connectivity index (χ0) is 11.4. The SMILES string of the molecule is Cl.NCCC[C@H](N)c1c(O)cc(O)cc1O. The van der Waals surface area contributed by atoms with Crippen molar-refractivity contribution in [3.63, 3.8) is 0 Å². The van der Waals surface area contributed by atoms with Crippen molar-refractivity contribution in [1.82, 2.24) is 0 Å². The van der Waals surface area contributed by atoms with Crippen LogP contribution in [0.3, 0.4) is 0 Å². The average molecular weight is 249 g/mol. The van der Waals surface area contributed by atoms with E-state index in [1.165, 1.54) is 0 Å². The Morgan fingerprint density at radius 3 is 2.06 bits per heavy atom. The molecule has 16 heavy (non-hydrogen) atoms. The molecule has 0 amide bonds. The van der Waals surface area contributed by atoms with Crippen LogP contribution in [0.5, 0.6) is 17.2 Å². The summed E-state index contributed by atoms with van der Waals surface area (Å²) in [5.74, 6) is -0.589. The van der Waals surface area contributed by atoms with Gasteiger partial charge in [0.15, 0.2) is 0 Å². The van der Waals surface area contributed by atoms with Gasteiger partial charge >= 0.3 is 0 Å². The van der Waals surface area contributed by atoms with Crippen LogP contribution in [0.15, 0.2) is 12.1 Å². The summed E-state index contributed by atoms with van der Waals surface area (Å²) >= 11 is 0. The Labute approximate surface area is 100 Å². The number of hydrogen-bond donors (Lipinski definition) is 5. The van der Waals surface area contributed by atoms with Crippen molar-refractivity contribution >= 4 is 12.4 Å². The predicted octanol–water partition coefficient (Wildman–Crippen LogP) is 0.964. The molecule has 92 valence electrons. The number of phenolic OH excluding ortho intramolecular Hbond substituents is 3. The van der Waals surface area contributed by atoms with Gasteiger partial charge < -0.3 is 26.8 Å². The van der Waals surface area contributed by atoms with Crippen molar-refractivity contribution < 1.29 is 15.3 Å². The predicted molar refractivity (Wildman–Crippen MR) is 63.9 cm³/mol. The maximum Gasteiger partial charge on any atom is 0.127 e. The first-order valence-corrected chi connectivity index (χ1v) is 4.76. The van der Waals surface area contributed by atoms with E-state index >= 15 is 0 Å². The molecule has 0 saturated carbocycles. The number of rotatable bonds is 4. The molecule has 1 atom stereocenters. The van der Waals surface area contributed by atoms with E-state index < -0.39 is 6.04 Å². The third-order valence-corrected chi connectivity index (χ3v) is 2.21. The minimum absolute atomic E-state index is 0. The minimum Gasteiger partial charge on any atom is -0.508 e. The maximum absolute atomic E-state index is 9.51. The first kappa shape index (κ1) is 14.8. The zero-order valence-electron chi connectivity index (χ0n) is 8.76. The van der Waals surface area contributed by atoms with Gasteiger partial charge in [-0.15, -0.1) is 12.4 Å². The lowest BCUT2D eigenvalue weighted by atomic mass is 10.0. The second-order valence-corrected chi connectivity index (χ2v) is 3.44. The van der Waals surface area contributed by atoms with E-state index in [2.05, 4.69) is 0 Å². The minimum atomic E-state index is -0.478. The fourth-order valence-corrected chi connectivity index (χ4v) is 1.47. The number of benzene rings is 1. The first-order chi connectivity index (χ1) is 7.06. The smallest absolute Gasteiger partial charge is 0.127 e. The van der Waals surface area contributed by atoms with E-state index in [1.807, 2.05) is 0 Å². The van der Waals surface area contributed by atoms with Gasteiger partial charge in [0.1, 0.15) is 17.2 Å². The monoisotopic (exact) mass is 248 g/mol. The molecule has 0 fully saturated rings. The Morgan fingerprint density at radius 1 is 1.12 bits per heavy atom. The lowest BCUT2D eigenvalue weighted by molar-refractivity contribution is 0.408. The summed E-state index contributed by atoms with van der Waals surface area (Å²) < 4.78 is 0. The van der Waals surface area contributed by atoms with Gasteiger partial charge in [-0.1, -0.05) is 0 Å². The Hall–Kier alpha value is -1.17. The lowest BCUT2D eigenvalue weighted by Crippen LogP contribution is -2.12. The normalized spacial score (nSPS) is 11.9. The van der Waals surface area contributed by atoms with Gasteiger partial charge in [-0.3, -0.25) is 0 Å². The molecule has 0 radical (unpaired) electrons. The first-order valence-electron chi connectivity index (χ1n) is 4.76. The molecule has 6 heteroatoms. The van der Waals surface area contributed by atoms with Crippen molar-refractivity contribution in [2.45, 2.75) is 18.9 Å². The molecule has 0 aliphatic rings. The molecule has 5 nitrogen and oxygen atoms in total. The van der Waals surface area contributed by atoms with E-state index in [0.717, 1.165) is 12.1 Å². The standard InChI is InChI=1S/C10H16N2O3.ClH/c11-3-1-2-7(12)10-8(14)4-6(13)5-9(10)15;/h4-5,7,13-15H,1-3,11-12H2;1H/t7-;/m0./s1. The van der Waals surface area contributed by atoms with Crippen molar-refractivity contribution in [1.29, 1.82) is 0 Å². The lowest BCUT2D eigenvalue weighted by Gasteiger charge is -2.15. The third-order valence-electron chi connectivity index (χ3n) is 2.21. The maximum atomic E-state index is 9.51. The highest BCUT2D eigenvalue weighted by molar-refractivity contribution is 5.85. The van der Waals surface area contributed by atoms with Gasteiger partial charge in [0.2, 0.25) is 0 Å². The molecule has 1 rings (SSSR count). The van der Waals surface area contributed by atoms with E-state index in [4.69, 9.17) is 16.6 Å². The summed E-state index contributed by atoms with van der Waals surface area (Å²) in [4.78, 5) is 0. The van der Waals surface area contributed by atoms with Crippen molar-refractivity contribution in [3.8, 4) is 17.2 Å². The Kier molecular flexibility index (Phi) is 5.95. The fourth-order valence-electron chi connectivity index (χ4n) is 1.47. The summed E-state index contributed by atoms with van der Waals surface area (Å²) in [6.45, 7) is 0.507. The molecule has 7 N–H and O–H groups in total. The molecular formula is C10H17ClN2O3. The molecule has 0 spiro atoms. The zero-order valence-corrected chi connectivity index (χ0v) is 9.57. The fraction of sp³-hybridized carbons (Fsp3) is 0.400. The summed E-state index contributed by atoms with van der Waals surface area (Å²) in [5.41, 5.74) is 11.4. The van der Waals surface area contributed by atoms with E-state index in [-0.39, 0.29) is 35.2 Å². The molecule has 0 saturated heterocycles. The average Bonchev–Trinajstić information content (AvgIpc) is 2.12. The van der Waals surface area contributed by atoms with Crippen LogP contribution in [0.2, 0.25) is 0 Å². The van der Waals surface area contributed by atoms with Crippen LogP contribution in [0.25, 0.3) is 0 Å². The van der Waals surface area contributed by atoms with E-state index in [1.54, 1.807) is 0 Å². The highest BCUT2D eigenvalue weighted by atomic mass is 35.5. The molecule has 1 aromatic rings. The molecule has 0 aliphatic heterocycles. The highest BCUT2D eigenvalue weighted by Gasteiger charge is 2.16. The number of phenols is 3. The van der Waals surface area contributed by atoms with E-state index in [9.17, 15) is 10.2 Å². The van der Waals surface area contributed by atoms with Crippen LogP contribution in [0, 0.1) is 0 Å². The van der Waals surface area contributed by atoms with Crippen molar-refractivity contribution in [2.75, 3.05) is 6.54 Å². The Bertz CT molecular complexity index is 324. The van der Waals surface area contributed by atoms with Crippen LogP contribution >= 0.6 is 12.4 Å². The molecule has 0 bridgehead atoms. The largest absolute Gasteiger partial charge is 0.508 e. The molecule has 0 unspecified atom stereocenters. The number of nitrogens with two attached hydrogens (primary N) is 2. The van der Waals surface area contributed by atoms with Gasteiger partial charge in [0.05, 0.1) is 5.56 Å². The van der Waals surface area contributed by atoms with Crippen LogP contribution in [0.1, 0.15) is 24.4 Å². The highest BCUT2D eigenvalue weighted by Crippen LogP contribution is 2.36. The summed E-state index contributed by atoms with van der Waals surface area (Å²) in [6.07, 6.45) is 1.28. The molecule has 0 aromatic heterocycles. The van der Waals surface area contributed by atoms with Gasteiger partial charge in [0.25, 0.3) is 0 Å². The third kappa shape index (κ3) is 3.44. The van der Waals surface area contributed by atoms with Crippen LogP contribution in [-0.4, -0.2) is 21.9 Å². The van der Waals surface area contributed by atoms with Crippen LogP contribution in [0.4, 0.5) is 0 Å². The van der Waals surface area contributed by atoms with Gasteiger partial charge in [-0.05, 0) is 19.4 Å². The number of halogens is 1. The Morgan fingerprint density at radius 2 is 1.62 bits per heavy atom. The molecule has 0 aliphatic carbocycles. The molecule has 1 aromatic carbocycles.